The molecule has 0 aliphatic carbocycles. The van der Waals surface area contributed by atoms with Crippen molar-refractivity contribution < 1.29 is 24.2 Å². The standard InChI is InChI=1S/C49H86O5/c1-3-5-7-9-11-13-15-17-19-21-23-24-26-28-30-32-34-36-38-40-42-44-49(52)54-47(45-50)46-53-48(51)43-41-39-37-35-33-31-29-27-25-22-20-18-16-14-12-10-8-6-4-2/h12,14-15,17-18,20-21,23,26,28,47,50H,3-11,13,16,19,22,24-25,27,29-46H2,1-2H3/b14-12-,17-15-,20-18-,23-21-,28-26-. The predicted molar refractivity (Wildman–Crippen MR) is 233 cm³/mol. The second kappa shape index (κ2) is 45.0. The highest BCUT2D eigenvalue weighted by Crippen LogP contribution is 2.13. The molecule has 0 radical (unpaired) electrons. The van der Waals surface area contributed by atoms with Gasteiger partial charge in [-0.15, -0.1) is 0 Å². The van der Waals surface area contributed by atoms with E-state index in [0.717, 1.165) is 64.2 Å². The second-order valence-electron chi connectivity index (χ2n) is 15.1. The van der Waals surface area contributed by atoms with Gasteiger partial charge in [0.2, 0.25) is 0 Å². The zero-order chi connectivity index (χ0) is 39.3. The van der Waals surface area contributed by atoms with Crippen molar-refractivity contribution in [2.45, 2.75) is 225 Å². The van der Waals surface area contributed by atoms with Crippen molar-refractivity contribution in [3.05, 3.63) is 60.8 Å². The highest BCUT2D eigenvalue weighted by molar-refractivity contribution is 5.70. The van der Waals surface area contributed by atoms with Crippen LogP contribution in [0.1, 0.15) is 219 Å². The fraction of sp³-hybridized carbons (Fsp3) is 0.755. The van der Waals surface area contributed by atoms with E-state index in [1.165, 1.54) is 128 Å². The Bertz CT molecular complexity index is 946. The van der Waals surface area contributed by atoms with Crippen LogP contribution < -0.4 is 0 Å². The lowest BCUT2D eigenvalue weighted by molar-refractivity contribution is -0.161. The van der Waals surface area contributed by atoms with E-state index in [1.807, 2.05) is 0 Å². The van der Waals surface area contributed by atoms with Gasteiger partial charge in [-0.1, -0.05) is 184 Å². The van der Waals surface area contributed by atoms with E-state index in [2.05, 4.69) is 74.6 Å². The largest absolute Gasteiger partial charge is 0.462 e. The molecule has 0 bridgehead atoms. The Balaban J connectivity index is 3.58. The molecule has 0 aliphatic rings. The van der Waals surface area contributed by atoms with E-state index < -0.39 is 6.10 Å². The molecule has 5 nitrogen and oxygen atoms in total. The lowest BCUT2D eigenvalue weighted by atomic mass is 10.1. The number of allylic oxidation sites excluding steroid dienone is 10. The summed E-state index contributed by atoms with van der Waals surface area (Å²) in [4.78, 5) is 24.4. The number of hydrogen-bond donors (Lipinski definition) is 1. The van der Waals surface area contributed by atoms with E-state index in [1.54, 1.807) is 0 Å². The topological polar surface area (TPSA) is 72.8 Å². The molecule has 312 valence electrons. The molecule has 0 saturated heterocycles. The normalized spacial score (nSPS) is 12.7. The van der Waals surface area contributed by atoms with E-state index in [-0.39, 0.29) is 25.2 Å². The van der Waals surface area contributed by atoms with Crippen LogP contribution in [0.4, 0.5) is 0 Å². The highest BCUT2D eigenvalue weighted by atomic mass is 16.6. The zero-order valence-corrected chi connectivity index (χ0v) is 35.5. The van der Waals surface area contributed by atoms with Crippen LogP contribution >= 0.6 is 0 Å². The smallest absolute Gasteiger partial charge is 0.306 e. The van der Waals surface area contributed by atoms with Crippen molar-refractivity contribution in [3.63, 3.8) is 0 Å². The van der Waals surface area contributed by atoms with Crippen molar-refractivity contribution in [3.8, 4) is 0 Å². The molecule has 54 heavy (non-hydrogen) atoms. The van der Waals surface area contributed by atoms with Crippen LogP contribution in [0.5, 0.6) is 0 Å². The predicted octanol–water partition coefficient (Wildman–Crippen LogP) is 14.7. The highest BCUT2D eigenvalue weighted by Gasteiger charge is 2.16. The summed E-state index contributed by atoms with van der Waals surface area (Å²) < 4.78 is 10.6. The van der Waals surface area contributed by atoms with Crippen LogP contribution in [0.3, 0.4) is 0 Å². The number of aliphatic hydroxyl groups excluding tert-OH is 1. The molecular formula is C49H86O5. The molecule has 1 atom stereocenters. The Morgan fingerprint density at radius 3 is 1.15 bits per heavy atom. The molecule has 0 amide bonds. The summed E-state index contributed by atoms with van der Waals surface area (Å²) in [7, 11) is 0. The minimum absolute atomic E-state index is 0.0750. The third kappa shape index (κ3) is 42.3. The van der Waals surface area contributed by atoms with Gasteiger partial charge in [0.1, 0.15) is 6.61 Å². The number of aliphatic hydroxyl groups is 1. The molecule has 0 rings (SSSR count). The molecule has 1 unspecified atom stereocenters. The van der Waals surface area contributed by atoms with Crippen molar-refractivity contribution in [2.75, 3.05) is 13.2 Å². The van der Waals surface area contributed by atoms with E-state index in [9.17, 15) is 14.7 Å². The van der Waals surface area contributed by atoms with Gasteiger partial charge in [0.05, 0.1) is 6.61 Å². The first-order chi connectivity index (χ1) is 26.6. The van der Waals surface area contributed by atoms with Gasteiger partial charge in [0.15, 0.2) is 6.10 Å². The average Bonchev–Trinajstić information content (AvgIpc) is 3.17. The number of carbonyl (C=O) groups is 2. The number of esters is 2. The average molecular weight is 755 g/mol. The molecule has 0 spiro atoms. The van der Waals surface area contributed by atoms with Crippen molar-refractivity contribution >= 4 is 11.9 Å². The molecule has 0 aromatic heterocycles. The maximum Gasteiger partial charge on any atom is 0.306 e. The van der Waals surface area contributed by atoms with Crippen LogP contribution in [-0.4, -0.2) is 36.4 Å². The number of unbranched alkanes of at least 4 members (excludes halogenated alkanes) is 23. The Labute approximate surface area is 334 Å². The molecule has 1 N–H and O–H groups in total. The van der Waals surface area contributed by atoms with Gasteiger partial charge >= 0.3 is 11.9 Å². The monoisotopic (exact) mass is 755 g/mol. The Kier molecular flexibility index (Phi) is 43.0. The van der Waals surface area contributed by atoms with Gasteiger partial charge in [-0.25, -0.2) is 0 Å². The fourth-order valence-corrected chi connectivity index (χ4v) is 6.30. The summed E-state index contributed by atoms with van der Waals surface area (Å²) in [6.07, 6.45) is 58.6. The Morgan fingerprint density at radius 1 is 0.426 bits per heavy atom. The molecule has 0 heterocycles. The molecule has 0 aliphatic heterocycles. The lowest BCUT2D eigenvalue weighted by Crippen LogP contribution is -2.28. The Morgan fingerprint density at radius 2 is 0.741 bits per heavy atom. The van der Waals surface area contributed by atoms with E-state index in [4.69, 9.17) is 9.47 Å². The summed E-state index contributed by atoms with van der Waals surface area (Å²) >= 11 is 0. The van der Waals surface area contributed by atoms with Crippen molar-refractivity contribution in [1.29, 1.82) is 0 Å². The molecule has 0 aromatic carbocycles. The quantitative estimate of drug-likeness (QED) is 0.0382. The molecule has 0 aromatic rings. The van der Waals surface area contributed by atoms with Gasteiger partial charge in [-0.2, -0.15) is 0 Å². The van der Waals surface area contributed by atoms with E-state index >= 15 is 0 Å². The SMILES string of the molecule is CCCCC/C=C\C/C=C\CCCCCCCCCCCC(=O)OCC(CO)OC(=O)CCCCCCCC/C=C\C/C=C\C/C=C\CCCCCCC. The van der Waals surface area contributed by atoms with Crippen LogP contribution in [0, 0.1) is 0 Å². The molecule has 0 fully saturated rings. The lowest BCUT2D eigenvalue weighted by Gasteiger charge is -2.15. The minimum atomic E-state index is -0.782. The molecule has 0 saturated carbocycles. The number of carbonyl (C=O) groups excluding carboxylic acids is 2. The number of ether oxygens (including phenoxy) is 2. The Hall–Kier alpha value is -2.40. The molecule has 5 heteroatoms. The summed E-state index contributed by atoms with van der Waals surface area (Å²) in [5.74, 6) is -0.609. The van der Waals surface area contributed by atoms with Gasteiger partial charge < -0.3 is 14.6 Å². The van der Waals surface area contributed by atoms with Crippen molar-refractivity contribution in [1.82, 2.24) is 0 Å². The maximum atomic E-state index is 12.2. The van der Waals surface area contributed by atoms with Crippen LogP contribution in [0.25, 0.3) is 0 Å². The third-order valence-electron chi connectivity index (χ3n) is 9.78. The van der Waals surface area contributed by atoms with Crippen LogP contribution in [0.2, 0.25) is 0 Å². The van der Waals surface area contributed by atoms with Crippen LogP contribution in [0.15, 0.2) is 60.8 Å². The first kappa shape index (κ1) is 51.6. The number of hydrogen-bond acceptors (Lipinski definition) is 5. The summed E-state index contributed by atoms with van der Waals surface area (Å²) in [6, 6.07) is 0. The first-order valence-electron chi connectivity index (χ1n) is 22.8. The van der Waals surface area contributed by atoms with Gasteiger partial charge in [0, 0.05) is 12.8 Å². The van der Waals surface area contributed by atoms with Gasteiger partial charge in [-0.05, 0) is 83.5 Å². The summed E-state index contributed by atoms with van der Waals surface area (Å²) in [5.41, 5.74) is 0. The number of rotatable bonds is 41. The van der Waals surface area contributed by atoms with E-state index in [0.29, 0.717) is 12.8 Å². The van der Waals surface area contributed by atoms with Gasteiger partial charge in [-0.3, -0.25) is 9.59 Å². The van der Waals surface area contributed by atoms with Crippen LogP contribution in [-0.2, 0) is 19.1 Å². The maximum absolute atomic E-state index is 12.2. The summed E-state index contributed by atoms with van der Waals surface area (Å²) in [6.45, 7) is 4.09. The second-order valence-corrected chi connectivity index (χ2v) is 15.1. The zero-order valence-electron chi connectivity index (χ0n) is 35.5. The first-order valence-corrected chi connectivity index (χ1v) is 22.8. The molecular weight excluding hydrogens is 669 g/mol. The third-order valence-corrected chi connectivity index (χ3v) is 9.78. The minimum Gasteiger partial charge on any atom is -0.462 e. The van der Waals surface area contributed by atoms with Crippen molar-refractivity contribution in [2.24, 2.45) is 0 Å². The fourth-order valence-electron chi connectivity index (χ4n) is 6.30. The summed E-state index contributed by atoms with van der Waals surface area (Å²) in [5, 5.41) is 9.60. The van der Waals surface area contributed by atoms with Gasteiger partial charge in [0.25, 0.3) is 0 Å².